The monoisotopic (exact) mass is 311 g/mol. The number of nitrogens with two attached hydrogens (primary N) is 1. The summed E-state index contributed by atoms with van der Waals surface area (Å²) in [4.78, 5) is 15.1. The predicted molar refractivity (Wildman–Crippen MR) is 86.8 cm³/mol. The van der Waals surface area contributed by atoms with Crippen molar-refractivity contribution >= 4 is 23.1 Å². The number of nitrogens with one attached hydrogen (secondary N) is 1. The van der Waals surface area contributed by atoms with Crippen molar-refractivity contribution in [3.05, 3.63) is 21.4 Å². The Bertz CT molecular complexity index is 533. The number of nitrogens with zero attached hydrogens (tertiary/aromatic N) is 1. The summed E-state index contributed by atoms with van der Waals surface area (Å²) in [5.41, 5.74) is 5.92. The van der Waals surface area contributed by atoms with Gasteiger partial charge in [0.25, 0.3) is 0 Å². The third kappa shape index (κ3) is 3.37. The van der Waals surface area contributed by atoms with Crippen LogP contribution in [0.4, 0.5) is 0 Å². The van der Waals surface area contributed by atoms with Gasteiger partial charge in [0.15, 0.2) is 5.84 Å². The molecule has 0 aromatic carbocycles. The lowest BCUT2D eigenvalue weighted by atomic mass is 9.80. The van der Waals surface area contributed by atoms with Gasteiger partial charge in [0.1, 0.15) is 5.41 Å². The van der Waals surface area contributed by atoms with Crippen molar-refractivity contribution in [1.29, 1.82) is 0 Å². The Labute approximate surface area is 130 Å². The van der Waals surface area contributed by atoms with Gasteiger partial charge >= 0.3 is 0 Å². The lowest BCUT2D eigenvalue weighted by Gasteiger charge is -2.30. The number of carbonyl (C=O) groups excluding carboxylic acids is 1. The minimum absolute atomic E-state index is 0.0320. The minimum atomic E-state index is -0.956. The first-order valence-corrected chi connectivity index (χ1v) is 7.99. The number of aryl methyl sites for hydroxylation is 2. The molecule has 0 aliphatic rings. The van der Waals surface area contributed by atoms with Gasteiger partial charge in [-0.1, -0.05) is 19.0 Å². The Balaban J connectivity index is 3.00. The summed E-state index contributed by atoms with van der Waals surface area (Å²) in [6.07, 6.45) is 0.971. The predicted octanol–water partition coefficient (Wildman–Crippen LogP) is 3.09. The van der Waals surface area contributed by atoms with Gasteiger partial charge in [-0.15, -0.1) is 11.3 Å². The topological polar surface area (TPSA) is 87.7 Å². The maximum atomic E-state index is 12.6. The molecule has 0 saturated heterocycles. The maximum Gasteiger partial charge on any atom is 0.234 e. The zero-order valence-electron chi connectivity index (χ0n) is 13.4. The largest absolute Gasteiger partial charge is 0.409 e. The summed E-state index contributed by atoms with van der Waals surface area (Å²) in [7, 11) is 0. The van der Waals surface area contributed by atoms with E-state index in [9.17, 15) is 4.79 Å². The second kappa shape index (κ2) is 6.93. The van der Waals surface area contributed by atoms with E-state index in [1.165, 1.54) is 9.75 Å². The number of carbonyl (C=O) groups is 1. The van der Waals surface area contributed by atoms with Crippen LogP contribution in [-0.2, 0) is 4.79 Å². The van der Waals surface area contributed by atoms with E-state index in [-0.39, 0.29) is 17.8 Å². The van der Waals surface area contributed by atoms with E-state index in [1.807, 2.05) is 27.7 Å². The molecule has 21 heavy (non-hydrogen) atoms. The van der Waals surface area contributed by atoms with E-state index in [0.717, 1.165) is 5.56 Å². The fourth-order valence-corrected chi connectivity index (χ4v) is 3.66. The quantitative estimate of drug-likeness (QED) is 0.326. The summed E-state index contributed by atoms with van der Waals surface area (Å²) in [5, 5.41) is 15.0. The molecular weight excluding hydrogens is 286 g/mol. The average molecular weight is 311 g/mol. The Hall–Kier alpha value is -1.56. The van der Waals surface area contributed by atoms with Gasteiger partial charge < -0.3 is 16.3 Å². The highest BCUT2D eigenvalue weighted by Crippen LogP contribution is 2.30. The molecule has 6 heteroatoms. The van der Waals surface area contributed by atoms with Gasteiger partial charge in [-0.3, -0.25) is 4.79 Å². The summed E-state index contributed by atoms with van der Waals surface area (Å²) in [5.74, 6) is -0.228. The van der Waals surface area contributed by atoms with Crippen LogP contribution in [0.2, 0.25) is 0 Å². The molecule has 1 aromatic heterocycles. The van der Waals surface area contributed by atoms with E-state index < -0.39 is 5.41 Å². The Morgan fingerprint density at radius 1 is 1.48 bits per heavy atom. The van der Waals surface area contributed by atoms with E-state index >= 15 is 0 Å². The minimum Gasteiger partial charge on any atom is -0.409 e. The standard InChI is InChI=1S/C15H25N3O2S/c1-6-15(7-2,13(16)18-20)14(19)17-10(4)12-8-9(3)21-11(12)5/h8,10,20H,6-7H2,1-5H3,(H2,16,18)(H,17,19). The lowest BCUT2D eigenvalue weighted by Crippen LogP contribution is -2.49. The zero-order valence-corrected chi connectivity index (χ0v) is 14.2. The first kappa shape index (κ1) is 17.5. The van der Waals surface area contributed by atoms with Crippen molar-refractivity contribution < 1.29 is 10.0 Å². The fourth-order valence-electron chi connectivity index (χ4n) is 2.64. The Kier molecular flexibility index (Phi) is 5.78. The highest BCUT2D eigenvalue weighted by atomic mass is 32.1. The van der Waals surface area contributed by atoms with Crippen molar-refractivity contribution in [2.24, 2.45) is 16.3 Å². The van der Waals surface area contributed by atoms with Crippen molar-refractivity contribution in [2.45, 2.75) is 53.5 Å². The molecule has 0 bridgehead atoms. The number of thiophene rings is 1. The first-order chi connectivity index (χ1) is 9.82. The Morgan fingerprint density at radius 2 is 2.05 bits per heavy atom. The summed E-state index contributed by atoms with van der Waals surface area (Å²) in [6, 6.07) is 1.99. The summed E-state index contributed by atoms with van der Waals surface area (Å²) >= 11 is 1.71. The lowest BCUT2D eigenvalue weighted by molar-refractivity contribution is -0.128. The molecule has 0 aliphatic heterocycles. The van der Waals surface area contributed by atoms with Crippen molar-refractivity contribution in [3.63, 3.8) is 0 Å². The number of oxime groups is 1. The molecule has 0 aliphatic carbocycles. The van der Waals surface area contributed by atoms with Gasteiger partial charge in [-0.05, 0) is 45.2 Å². The van der Waals surface area contributed by atoms with Crippen molar-refractivity contribution in [1.82, 2.24) is 5.32 Å². The van der Waals surface area contributed by atoms with Crippen LogP contribution in [0.3, 0.4) is 0 Å². The van der Waals surface area contributed by atoms with E-state index in [1.54, 1.807) is 11.3 Å². The molecule has 0 saturated carbocycles. The van der Waals surface area contributed by atoms with Crippen LogP contribution >= 0.6 is 11.3 Å². The molecule has 0 spiro atoms. The van der Waals surface area contributed by atoms with Crippen LogP contribution in [0.5, 0.6) is 0 Å². The SMILES string of the molecule is CCC(CC)(C(=O)NC(C)c1cc(C)sc1C)C(N)=NO. The molecule has 1 heterocycles. The van der Waals surface area contributed by atoms with E-state index in [2.05, 4.69) is 23.5 Å². The zero-order chi connectivity index (χ0) is 16.2. The number of hydrogen-bond donors (Lipinski definition) is 3. The molecule has 118 valence electrons. The van der Waals surface area contributed by atoms with Gasteiger partial charge in [-0.25, -0.2) is 0 Å². The van der Waals surface area contributed by atoms with E-state index in [0.29, 0.717) is 12.8 Å². The summed E-state index contributed by atoms with van der Waals surface area (Å²) in [6.45, 7) is 9.78. The first-order valence-electron chi connectivity index (χ1n) is 7.18. The Morgan fingerprint density at radius 3 is 2.43 bits per heavy atom. The molecule has 5 nitrogen and oxygen atoms in total. The molecule has 1 rings (SSSR count). The van der Waals surface area contributed by atoms with Crippen LogP contribution < -0.4 is 11.1 Å². The third-order valence-electron chi connectivity index (χ3n) is 4.13. The number of amides is 1. The third-order valence-corrected chi connectivity index (χ3v) is 5.11. The number of hydrogen-bond acceptors (Lipinski definition) is 4. The van der Waals surface area contributed by atoms with Crippen LogP contribution in [0.25, 0.3) is 0 Å². The molecule has 4 N–H and O–H groups in total. The molecule has 1 unspecified atom stereocenters. The number of amidine groups is 1. The molecule has 1 atom stereocenters. The number of rotatable bonds is 6. The van der Waals surface area contributed by atoms with Gasteiger partial charge in [-0.2, -0.15) is 0 Å². The maximum absolute atomic E-state index is 12.6. The van der Waals surface area contributed by atoms with Crippen molar-refractivity contribution in [3.8, 4) is 0 Å². The normalized spacial score (nSPS) is 14.0. The smallest absolute Gasteiger partial charge is 0.234 e. The van der Waals surface area contributed by atoms with Crippen LogP contribution in [0.15, 0.2) is 11.2 Å². The molecule has 1 amide bonds. The van der Waals surface area contributed by atoms with Crippen LogP contribution in [0, 0.1) is 19.3 Å². The van der Waals surface area contributed by atoms with Gasteiger partial charge in [0.2, 0.25) is 5.91 Å². The molecular formula is C15H25N3O2S. The average Bonchev–Trinajstić information content (AvgIpc) is 2.79. The molecule has 0 fully saturated rings. The molecule has 1 aromatic rings. The highest BCUT2D eigenvalue weighted by Gasteiger charge is 2.40. The van der Waals surface area contributed by atoms with Crippen LogP contribution in [0.1, 0.15) is 55.0 Å². The molecule has 0 radical (unpaired) electrons. The van der Waals surface area contributed by atoms with Gasteiger partial charge in [0, 0.05) is 9.75 Å². The van der Waals surface area contributed by atoms with Gasteiger partial charge in [0.05, 0.1) is 6.04 Å². The second-order valence-electron chi connectivity index (χ2n) is 5.34. The van der Waals surface area contributed by atoms with Crippen molar-refractivity contribution in [2.75, 3.05) is 0 Å². The van der Waals surface area contributed by atoms with E-state index in [4.69, 9.17) is 10.9 Å². The highest BCUT2D eigenvalue weighted by molar-refractivity contribution is 7.12. The van der Waals surface area contributed by atoms with Crippen LogP contribution in [-0.4, -0.2) is 17.0 Å². The summed E-state index contributed by atoms with van der Waals surface area (Å²) < 4.78 is 0. The fraction of sp³-hybridized carbons (Fsp3) is 0.600. The second-order valence-corrected chi connectivity index (χ2v) is 6.80.